The molecule has 0 aliphatic carbocycles. The van der Waals surface area contributed by atoms with Gasteiger partial charge in [0.15, 0.2) is 0 Å². The van der Waals surface area contributed by atoms with Crippen molar-refractivity contribution in [2.45, 2.75) is 33.2 Å². The van der Waals surface area contributed by atoms with E-state index >= 15 is 0 Å². The molecule has 22 heavy (non-hydrogen) atoms. The molecule has 0 fully saturated rings. The van der Waals surface area contributed by atoms with Crippen molar-refractivity contribution >= 4 is 11.6 Å². The number of benzene rings is 1. The summed E-state index contributed by atoms with van der Waals surface area (Å²) < 4.78 is 19.5. The Kier molecular flexibility index (Phi) is 3.94. The molecule has 1 amide bonds. The Hall–Kier alpha value is -2.21. The average Bonchev–Trinajstić information content (AvgIpc) is 2.82. The van der Waals surface area contributed by atoms with E-state index in [0.717, 1.165) is 17.7 Å². The van der Waals surface area contributed by atoms with Gasteiger partial charge < -0.3 is 15.2 Å². The van der Waals surface area contributed by atoms with E-state index in [-0.39, 0.29) is 23.8 Å². The highest BCUT2D eigenvalue weighted by atomic mass is 19.1. The zero-order valence-electron chi connectivity index (χ0n) is 12.6. The Morgan fingerprint density at radius 1 is 1.45 bits per heavy atom. The molecule has 3 rings (SSSR count). The standard InChI is InChI=1S/C16H18FN3O2/c1-9-13(10(2)22-20-9)7-15(21)19-14-4-3-11-8-18-6-5-12(11)16(14)17/h3-4,18H,5-8H2,1-2H3,(H,19,21). The molecule has 0 saturated heterocycles. The number of nitrogens with zero attached hydrogens (tertiary/aromatic N) is 1. The van der Waals surface area contributed by atoms with Crippen molar-refractivity contribution < 1.29 is 13.7 Å². The molecule has 0 atom stereocenters. The summed E-state index contributed by atoms with van der Waals surface area (Å²) in [4.78, 5) is 12.1. The van der Waals surface area contributed by atoms with Crippen LogP contribution in [0.25, 0.3) is 0 Å². The van der Waals surface area contributed by atoms with Crippen LogP contribution in [0.4, 0.5) is 10.1 Å². The lowest BCUT2D eigenvalue weighted by Gasteiger charge is -2.19. The number of nitrogens with one attached hydrogen (secondary N) is 2. The predicted octanol–water partition coefficient (Wildman–Crippen LogP) is 2.26. The number of hydrogen-bond acceptors (Lipinski definition) is 4. The summed E-state index contributed by atoms with van der Waals surface area (Å²) in [5.74, 6) is 0.0120. The minimum absolute atomic E-state index is 0.124. The van der Waals surface area contributed by atoms with Crippen molar-refractivity contribution in [3.05, 3.63) is 46.1 Å². The van der Waals surface area contributed by atoms with Crippen LogP contribution in [0.1, 0.15) is 28.1 Å². The van der Waals surface area contributed by atoms with E-state index in [1.54, 1.807) is 19.9 Å². The number of amides is 1. The molecule has 0 saturated carbocycles. The molecular weight excluding hydrogens is 285 g/mol. The molecule has 1 aliphatic heterocycles. The van der Waals surface area contributed by atoms with Crippen LogP contribution < -0.4 is 10.6 Å². The van der Waals surface area contributed by atoms with E-state index in [9.17, 15) is 9.18 Å². The van der Waals surface area contributed by atoms with Crippen molar-refractivity contribution in [3.63, 3.8) is 0 Å². The summed E-state index contributed by atoms with van der Waals surface area (Å²) in [6, 6.07) is 3.47. The smallest absolute Gasteiger partial charge is 0.229 e. The van der Waals surface area contributed by atoms with E-state index in [0.29, 0.717) is 30.0 Å². The molecule has 1 aromatic carbocycles. The maximum Gasteiger partial charge on any atom is 0.229 e. The van der Waals surface area contributed by atoms with E-state index in [4.69, 9.17) is 4.52 Å². The maximum atomic E-state index is 14.5. The quantitative estimate of drug-likeness (QED) is 0.912. The molecule has 0 unspecified atom stereocenters. The zero-order valence-corrected chi connectivity index (χ0v) is 12.6. The third-order valence-corrected chi connectivity index (χ3v) is 4.00. The van der Waals surface area contributed by atoms with Crippen LogP contribution in [0.3, 0.4) is 0 Å². The van der Waals surface area contributed by atoms with Crippen molar-refractivity contribution in [2.75, 3.05) is 11.9 Å². The highest BCUT2D eigenvalue weighted by Crippen LogP contribution is 2.25. The molecule has 5 nitrogen and oxygen atoms in total. The number of aryl methyl sites for hydroxylation is 2. The van der Waals surface area contributed by atoms with Gasteiger partial charge in [-0.15, -0.1) is 0 Å². The lowest BCUT2D eigenvalue weighted by atomic mass is 9.99. The SMILES string of the molecule is Cc1noc(C)c1CC(=O)Nc1ccc2c(c1F)CCNC2. The normalized spacial score (nSPS) is 13.8. The zero-order chi connectivity index (χ0) is 15.7. The van der Waals surface area contributed by atoms with Gasteiger partial charge in [-0.1, -0.05) is 11.2 Å². The summed E-state index contributed by atoms with van der Waals surface area (Å²) >= 11 is 0. The monoisotopic (exact) mass is 303 g/mol. The fourth-order valence-corrected chi connectivity index (χ4v) is 2.74. The highest BCUT2D eigenvalue weighted by Gasteiger charge is 2.19. The van der Waals surface area contributed by atoms with Gasteiger partial charge in [-0.25, -0.2) is 4.39 Å². The first-order chi connectivity index (χ1) is 10.6. The van der Waals surface area contributed by atoms with E-state index in [1.807, 2.05) is 6.07 Å². The molecule has 6 heteroatoms. The summed E-state index contributed by atoms with van der Waals surface area (Å²) in [6.07, 6.45) is 0.758. The molecule has 0 bridgehead atoms. The average molecular weight is 303 g/mol. The van der Waals surface area contributed by atoms with Gasteiger partial charge in [-0.3, -0.25) is 4.79 Å². The summed E-state index contributed by atoms with van der Waals surface area (Å²) in [5, 5.41) is 9.66. The summed E-state index contributed by atoms with van der Waals surface area (Å²) in [6.45, 7) is 4.96. The molecule has 0 radical (unpaired) electrons. The van der Waals surface area contributed by atoms with Crippen molar-refractivity contribution in [1.82, 2.24) is 10.5 Å². The number of carbonyl (C=O) groups is 1. The Labute approximate surface area is 127 Å². The number of aromatic nitrogens is 1. The van der Waals surface area contributed by atoms with E-state index in [2.05, 4.69) is 15.8 Å². The predicted molar refractivity (Wildman–Crippen MR) is 80.1 cm³/mol. The number of hydrogen-bond donors (Lipinski definition) is 2. The van der Waals surface area contributed by atoms with Gasteiger partial charge in [-0.05, 0) is 44.0 Å². The van der Waals surface area contributed by atoms with E-state index < -0.39 is 0 Å². The molecule has 0 spiro atoms. The van der Waals surface area contributed by atoms with Crippen molar-refractivity contribution in [1.29, 1.82) is 0 Å². The first kappa shape index (κ1) is 14.7. The van der Waals surface area contributed by atoms with Crippen LogP contribution in [0.2, 0.25) is 0 Å². The van der Waals surface area contributed by atoms with Gasteiger partial charge in [0, 0.05) is 12.1 Å². The second kappa shape index (κ2) is 5.88. The molecular formula is C16H18FN3O2. The second-order valence-corrected chi connectivity index (χ2v) is 5.52. The lowest BCUT2D eigenvalue weighted by Crippen LogP contribution is -2.25. The minimum atomic E-state index is -0.328. The third kappa shape index (κ3) is 2.74. The number of anilines is 1. The topological polar surface area (TPSA) is 67.2 Å². The Balaban J connectivity index is 1.77. The maximum absolute atomic E-state index is 14.5. The van der Waals surface area contributed by atoms with Gasteiger partial charge in [0.1, 0.15) is 11.6 Å². The highest BCUT2D eigenvalue weighted by molar-refractivity contribution is 5.92. The van der Waals surface area contributed by atoms with Crippen LogP contribution in [0.15, 0.2) is 16.7 Å². The Bertz CT molecular complexity index is 705. The second-order valence-electron chi connectivity index (χ2n) is 5.52. The molecule has 1 aromatic heterocycles. The van der Waals surface area contributed by atoms with Gasteiger partial charge >= 0.3 is 0 Å². The van der Waals surface area contributed by atoms with Crippen LogP contribution in [0.5, 0.6) is 0 Å². The Morgan fingerprint density at radius 3 is 3.00 bits per heavy atom. The van der Waals surface area contributed by atoms with Crippen LogP contribution in [-0.2, 0) is 24.2 Å². The molecule has 2 aromatic rings. The minimum Gasteiger partial charge on any atom is -0.361 e. The first-order valence-electron chi connectivity index (χ1n) is 7.29. The third-order valence-electron chi connectivity index (χ3n) is 4.00. The number of carbonyl (C=O) groups excluding carboxylic acids is 1. The molecule has 116 valence electrons. The molecule has 2 heterocycles. The van der Waals surface area contributed by atoms with E-state index in [1.165, 1.54) is 0 Å². The van der Waals surface area contributed by atoms with Crippen LogP contribution in [-0.4, -0.2) is 17.6 Å². The molecule has 1 aliphatic rings. The largest absolute Gasteiger partial charge is 0.361 e. The van der Waals surface area contributed by atoms with Crippen molar-refractivity contribution in [2.24, 2.45) is 0 Å². The summed E-state index contributed by atoms with van der Waals surface area (Å²) in [7, 11) is 0. The fraction of sp³-hybridized carbons (Fsp3) is 0.375. The van der Waals surface area contributed by atoms with Gasteiger partial charge in [0.25, 0.3) is 0 Å². The lowest BCUT2D eigenvalue weighted by molar-refractivity contribution is -0.115. The number of rotatable bonds is 3. The fourth-order valence-electron chi connectivity index (χ4n) is 2.74. The van der Waals surface area contributed by atoms with Crippen molar-refractivity contribution in [3.8, 4) is 0 Å². The Morgan fingerprint density at radius 2 is 2.27 bits per heavy atom. The van der Waals surface area contributed by atoms with Gasteiger partial charge in [-0.2, -0.15) is 0 Å². The number of fused-ring (bicyclic) bond motifs is 1. The van der Waals surface area contributed by atoms with Crippen LogP contribution in [0, 0.1) is 19.7 Å². The first-order valence-corrected chi connectivity index (χ1v) is 7.29. The van der Waals surface area contributed by atoms with Crippen LogP contribution >= 0.6 is 0 Å². The summed E-state index contributed by atoms with van der Waals surface area (Å²) in [5.41, 5.74) is 3.31. The number of halogens is 1. The molecule has 2 N–H and O–H groups in total. The van der Waals surface area contributed by atoms with Gasteiger partial charge in [0.2, 0.25) is 5.91 Å². The van der Waals surface area contributed by atoms with Gasteiger partial charge in [0.05, 0.1) is 17.8 Å².